The van der Waals surface area contributed by atoms with Crippen LogP contribution in [0.25, 0.3) is 0 Å². The zero-order valence-corrected chi connectivity index (χ0v) is 13.9. The van der Waals surface area contributed by atoms with Gasteiger partial charge < -0.3 is 0 Å². The Balaban J connectivity index is 2.02. The fourth-order valence-corrected chi connectivity index (χ4v) is 3.34. The molecule has 0 radical (unpaired) electrons. The smallest absolute Gasteiger partial charge is 0.0345 e. The van der Waals surface area contributed by atoms with Crippen molar-refractivity contribution in [3.8, 4) is 0 Å². The Morgan fingerprint density at radius 2 is 1.30 bits per heavy atom. The number of hydrogen-bond donors (Lipinski definition) is 0. The predicted molar refractivity (Wildman–Crippen MR) is 92.0 cm³/mol. The van der Waals surface area contributed by atoms with Gasteiger partial charge in [0.1, 0.15) is 0 Å². The second-order valence-corrected chi connectivity index (χ2v) is 6.60. The van der Waals surface area contributed by atoms with E-state index in [1.807, 2.05) is 0 Å². The molecular weight excluding hydrogens is 240 g/mol. The van der Waals surface area contributed by atoms with Crippen molar-refractivity contribution < 1.29 is 0 Å². The fraction of sp³-hybridized carbons (Fsp3) is 0.800. The number of hydrogen-bond acceptors (Lipinski definition) is 0. The Morgan fingerprint density at radius 1 is 0.700 bits per heavy atom. The van der Waals surface area contributed by atoms with Crippen molar-refractivity contribution in [2.45, 2.75) is 90.9 Å². The van der Waals surface area contributed by atoms with Gasteiger partial charge in [0.2, 0.25) is 0 Å². The number of unbranched alkanes of at least 4 members (excludes halogenated alkanes) is 3. The van der Waals surface area contributed by atoms with Gasteiger partial charge in [-0.1, -0.05) is 95.9 Å². The van der Waals surface area contributed by atoms with Gasteiger partial charge in [-0.05, 0) is 31.1 Å². The molecule has 0 heterocycles. The van der Waals surface area contributed by atoms with Gasteiger partial charge in [-0.25, -0.2) is 0 Å². The summed E-state index contributed by atoms with van der Waals surface area (Å²) in [7, 11) is 0. The van der Waals surface area contributed by atoms with Gasteiger partial charge in [0.25, 0.3) is 0 Å². The van der Waals surface area contributed by atoms with E-state index in [1.165, 1.54) is 77.0 Å². The topological polar surface area (TPSA) is 0 Å². The molecule has 1 aliphatic carbocycles. The summed E-state index contributed by atoms with van der Waals surface area (Å²) in [6.45, 7) is 4.54. The highest BCUT2D eigenvalue weighted by molar-refractivity contribution is 5.02. The van der Waals surface area contributed by atoms with Crippen molar-refractivity contribution in [2.75, 3.05) is 0 Å². The van der Waals surface area contributed by atoms with Crippen LogP contribution in [0.3, 0.4) is 0 Å². The summed E-state index contributed by atoms with van der Waals surface area (Å²) in [6, 6.07) is 0. The second kappa shape index (κ2) is 12.2. The van der Waals surface area contributed by atoms with Gasteiger partial charge >= 0.3 is 0 Å². The first kappa shape index (κ1) is 17.5. The summed E-state index contributed by atoms with van der Waals surface area (Å²) in [5.41, 5.74) is 0. The van der Waals surface area contributed by atoms with Crippen LogP contribution >= 0.6 is 0 Å². The van der Waals surface area contributed by atoms with E-state index in [4.69, 9.17) is 0 Å². The highest BCUT2D eigenvalue weighted by atomic mass is 14.3. The van der Waals surface area contributed by atoms with Crippen molar-refractivity contribution in [3.63, 3.8) is 0 Å². The highest BCUT2D eigenvalue weighted by Crippen LogP contribution is 2.34. The normalized spacial score (nSPS) is 23.9. The van der Waals surface area contributed by atoms with Crippen molar-refractivity contribution in [1.82, 2.24) is 0 Å². The predicted octanol–water partition coefficient (Wildman–Crippen LogP) is 7.07. The van der Waals surface area contributed by atoms with Crippen molar-refractivity contribution in [3.05, 3.63) is 24.3 Å². The minimum Gasteiger partial charge on any atom is -0.0846 e. The largest absolute Gasteiger partial charge is 0.0846 e. The van der Waals surface area contributed by atoms with Gasteiger partial charge in [0.05, 0.1) is 0 Å². The van der Waals surface area contributed by atoms with Crippen LogP contribution in [0.1, 0.15) is 90.9 Å². The maximum Gasteiger partial charge on any atom is -0.0345 e. The van der Waals surface area contributed by atoms with Crippen LogP contribution in [0.2, 0.25) is 0 Å². The molecule has 1 fully saturated rings. The minimum absolute atomic E-state index is 1.02. The molecular formula is C20H36. The monoisotopic (exact) mass is 276 g/mol. The van der Waals surface area contributed by atoms with E-state index < -0.39 is 0 Å². The molecule has 0 bridgehead atoms. The molecule has 1 saturated carbocycles. The molecule has 0 aromatic carbocycles. The highest BCUT2D eigenvalue weighted by Gasteiger charge is 2.19. The molecule has 0 saturated heterocycles. The maximum atomic E-state index is 2.36. The minimum atomic E-state index is 1.02. The third-order valence-electron chi connectivity index (χ3n) is 4.76. The van der Waals surface area contributed by atoms with Gasteiger partial charge in [-0.2, -0.15) is 0 Å². The lowest BCUT2D eigenvalue weighted by atomic mass is 9.78. The summed E-state index contributed by atoms with van der Waals surface area (Å²) in [6.07, 6.45) is 26.1. The fourth-order valence-electron chi connectivity index (χ4n) is 3.34. The average molecular weight is 277 g/mol. The van der Waals surface area contributed by atoms with Gasteiger partial charge in [0.15, 0.2) is 0 Å². The molecule has 0 amide bonds. The molecule has 0 N–H and O–H groups in total. The van der Waals surface area contributed by atoms with Crippen molar-refractivity contribution in [2.24, 2.45) is 11.8 Å². The Labute approximate surface area is 127 Å². The van der Waals surface area contributed by atoms with Crippen LogP contribution in [0.15, 0.2) is 24.3 Å². The van der Waals surface area contributed by atoms with Crippen LogP contribution in [-0.4, -0.2) is 0 Å². The van der Waals surface area contributed by atoms with E-state index in [2.05, 4.69) is 38.2 Å². The molecule has 1 rings (SSSR count). The average Bonchev–Trinajstić information content (AvgIpc) is 2.48. The first-order valence-corrected chi connectivity index (χ1v) is 9.18. The first-order chi connectivity index (χ1) is 9.86. The molecule has 0 aromatic rings. The molecule has 0 nitrogen and oxygen atoms in total. The maximum absolute atomic E-state index is 2.36. The number of rotatable bonds is 10. The quantitative estimate of drug-likeness (QED) is 0.296. The second-order valence-electron chi connectivity index (χ2n) is 6.60. The van der Waals surface area contributed by atoms with E-state index in [9.17, 15) is 0 Å². The van der Waals surface area contributed by atoms with E-state index in [0.717, 1.165) is 11.8 Å². The molecule has 0 unspecified atom stereocenters. The third-order valence-corrected chi connectivity index (χ3v) is 4.76. The van der Waals surface area contributed by atoms with Crippen LogP contribution in [-0.2, 0) is 0 Å². The first-order valence-electron chi connectivity index (χ1n) is 9.18. The SMILES string of the molecule is CCCC=CC=CCCC1CCC(CCCCC)CC1. The van der Waals surface area contributed by atoms with Crippen LogP contribution in [0, 0.1) is 11.8 Å². The lowest BCUT2D eigenvalue weighted by Gasteiger charge is -2.28. The lowest BCUT2D eigenvalue weighted by molar-refractivity contribution is 0.250. The molecule has 20 heavy (non-hydrogen) atoms. The molecule has 0 aromatic heterocycles. The van der Waals surface area contributed by atoms with E-state index in [1.54, 1.807) is 0 Å². The standard InChI is InChI=1S/C20H36/c1-3-5-7-8-9-10-12-14-20-17-15-19(16-18-20)13-11-6-4-2/h7-10,19-20H,3-6,11-18H2,1-2H3. The molecule has 116 valence electrons. The van der Waals surface area contributed by atoms with Gasteiger partial charge in [-0.15, -0.1) is 0 Å². The number of allylic oxidation sites excluding steroid dienone is 4. The van der Waals surface area contributed by atoms with Crippen molar-refractivity contribution in [1.29, 1.82) is 0 Å². The molecule has 1 aliphatic rings. The van der Waals surface area contributed by atoms with Crippen LogP contribution < -0.4 is 0 Å². The van der Waals surface area contributed by atoms with Crippen LogP contribution in [0.4, 0.5) is 0 Å². The molecule has 0 atom stereocenters. The molecule has 0 heteroatoms. The third kappa shape index (κ3) is 8.61. The van der Waals surface area contributed by atoms with E-state index in [0.29, 0.717) is 0 Å². The van der Waals surface area contributed by atoms with E-state index >= 15 is 0 Å². The Morgan fingerprint density at radius 3 is 1.90 bits per heavy atom. The zero-order chi connectivity index (χ0) is 14.5. The van der Waals surface area contributed by atoms with Gasteiger partial charge in [-0.3, -0.25) is 0 Å². The Kier molecular flexibility index (Phi) is 10.7. The van der Waals surface area contributed by atoms with Crippen molar-refractivity contribution >= 4 is 0 Å². The Bertz CT molecular complexity index is 253. The van der Waals surface area contributed by atoms with Gasteiger partial charge in [0, 0.05) is 0 Å². The lowest BCUT2D eigenvalue weighted by Crippen LogP contribution is -2.14. The summed E-state index contributed by atoms with van der Waals surface area (Å²) in [4.78, 5) is 0. The zero-order valence-electron chi connectivity index (χ0n) is 13.9. The van der Waals surface area contributed by atoms with E-state index in [-0.39, 0.29) is 0 Å². The summed E-state index contributed by atoms with van der Waals surface area (Å²) < 4.78 is 0. The summed E-state index contributed by atoms with van der Waals surface area (Å²) >= 11 is 0. The van der Waals surface area contributed by atoms with Crippen LogP contribution in [0.5, 0.6) is 0 Å². The summed E-state index contributed by atoms with van der Waals surface area (Å²) in [5, 5.41) is 0. The molecule has 0 spiro atoms. The Hall–Kier alpha value is -0.520. The molecule has 0 aliphatic heterocycles. The summed E-state index contributed by atoms with van der Waals surface area (Å²) in [5.74, 6) is 2.08.